The molecule has 2 aliphatic carbocycles. The second-order valence-electron chi connectivity index (χ2n) is 8.52. The van der Waals surface area contributed by atoms with Crippen molar-refractivity contribution in [2.24, 2.45) is 0 Å². The van der Waals surface area contributed by atoms with E-state index in [0.717, 1.165) is 0 Å². The van der Waals surface area contributed by atoms with Crippen molar-refractivity contribution in [3.8, 4) is 0 Å². The SMILES string of the molecule is Cl.Cl.[CH3][Zr](=[GeH2])([c]1ccccc1)([CH]1C=Cc2ccccc21)[CH]1C=Cc2ccccc21. The van der Waals surface area contributed by atoms with Crippen LogP contribution in [0.15, 0.2) is 91.0 Å². The summed E-state index contributed by atoms with van der Waals surface area (Å²) in [7, 11) is 0. The van der Waals surface area contributed by atoms with Gasteiger partial charge in [-0.2, -0.15) is 0 Å². The fourth-order valence-corrected chi connectivity index (χ4v) is 31.3. The number of hydrogen-bond donors (Lipinski definition) is 0. The van der Waals surface area contributed by atoms with Crippen LogP contribution in [0.5, 0.6) is 0 Å². The van der Waals surface area contributed by atoms with Crippen LogP contribution in [0.1, 0.15) is 29.5 Å². The first-order chi connectivity index (χ1) is 13.1. The Morgan fingerprint density at radius 1 is 0.621 bits per heavy atom. The maximum atomic E-state index is 2.73. The molecule has 2 atom stereocenters. The minimum absolute atomic E-state index is 0. The molecule has 0 saturated carbocycles. The van der Waals surface area contributed by atoms with Crippen LogP contribution >= 0.6 is 24.8 Å². The van der Waals surface area contributed by atoms with E-state index in [4.69, 9.17) is 0 Å². The van der Waals surface area contributed by atoms with E-state index >= 15 is 0 Å². The van der Waals surface area contributed by atoms with Crippen LogP contribution in [0, 0.1) is 0 Å². The number of rotatable bonds is 3. The van der Waals surface area contributed by atoms with E-state index in [-0.39, 0.29) is 24.8 Å². The average Bonchev–Trinajstić information content (AvgIpc) is 3.34. The predicted molar refractivity (Wildman–Crippen MR) is 131 cm³/mol. The standard InChI is InChI=1S/2C9H7.C6H5.CH3.2ClH.GeH2.Zr/c2*1-2-5-9-7-3-6-8(9)4-1;1-2-4-6-5-3-1;;;;;/h2*1-7H;1-5H;1H3;2*1H;1H2;. The van der Waals surface area contributed by atoms with Crippen LogP contribution in [-0.2, 0) is 15.7 Å². The summed E-state index contributed by atoms with van der Waals surface area (Å²) in [5.41, 5.74) is 5.95. The van der Waals surface area contributed by atoms with Gasteiger partial charge in [0.1, 0.15) is 0 Å². The Kier molecular flexibility index (Phi) is 6.57. The van der Waals surface area contributed by atoms with Gasteiger partial charge in [-0.15, -0.1) is 24.8 Å². The predicted octanol–water partition coefficient (Wildman–Crippen LogP) is 5.98. The van der Waals surface area contributed by atoms with Crippen LogP contribution in [0.2, 0.25) is 4.63 Å². The minimum atomic E-state index is -3.48. The molecule has 2 aliphatic rings. The molecule has 0 saturated heterocycles. The second-order valence-corrected chi connectivity index (χ2v) is 47.2. The number of fused-ring (bicyclic) bond motifs is 2. The third kappa shape index (κ3) is 3.39. The Bertz CT molecular complexity index is 1100. The first kappa shape index (κ1) is 22.8. The zero-order chi connectivity index (χ0) is 18.5. The van der Waals surface area contributed by atoms with Crippen LogP contribution in [0.25, 0.3) is 12.2 Å². The molecule has 0 aromatic heterocycles. The molecular weight excluding hydrogens is 535 g/mol. The number of halogens is 2. The molecule has 0 fully saturated rings. The first-order valence-electron chi connectivity index (χ1n) is 9.73. The van der Waals surface area contributed by atoms with E-state index in [2.05, 4.69) is 108 Å². The summed E-state index contributed by atoms with van der Waals surface area (Å²) >= 11 is -2.10. The van der Waals surface area contributed by atoms with Crippen molar-refractivity contribution in [3.05, 3.63) is 113 Å². The van der Waals surface area contributed by atoms with E-state index in [1.165, 1.54) is 23.3 Å². The first-order valence-corrected chi connectivity index (χ1v) is 26.8. The molecule has 5 rings (SSSR count). The van der Waals surface area contributed by atoms with Gasteiger partial charge in [-0.3, -0.25) is 0 Å². The van der Waals surface area contributed by atoms with Crippen molar-refractivity contribution in [1.82, 2.24) is 0 Å². The molecule has 148 valence electrons. The molecule has 0 N–H and O–H groups in total. The summed E-state index contributed by atoms with van der Waals surface area (Å²) in [6.45, 7) is 0. The molecule has 0 amide bonds. The van der Waals surface area contributed by atoms with Gasteiger partial charge in [0.25, 0.3) is 0 Å². The molecule has 0 radical (unpaired) electrons. The third-order valence-corrected chi connectivity index (χ3v) is 38.8. The molecular formula is C25H26Cl2GeZr. The molecule has 4 heteroatoms. The molecule has 2 unspecified atom stereocenters. The monoisotopic (exact) mass is 560 g/mol. The van der Waals surface area contributed by atoms with Gasteiger partial charge in [-0.05, 0) is 0 Å². The topological polar surface area (TPSA) is 0 Å². The summed E-state index contributed by atoms with van der Waals surface area (Å²) < 4.78 is 5.53. The third-order valence-electron chi connectivity index (χ3n) is 6.93. The van der Waals surface area contributed by atoms with Gasteiger partial charge in [-0.25, -0.2) is 0 Å². The van der Waals surface area contributed by atoms with Crippen molar-refractivity contribution >= 4 is 52.4 Å². The fraction of sp³-hybridized carbons (Fsp3) is 0.120. The van der Waals surface area contributed by atoms with Gasteiger partial charge >= 0.3 is 168 Å². The molecule has 3 aromatic rings. The van der Waals surface area contributed by atoms with Crippen molar-refractivity contribution < 1.29 is 15.7 Å². The van der Waals surface area contributed by atoms with Gasteiger partial charge < -0.3 is 0 Å². The van der Waals surface area contributed by atoms with Crippen molar-refractivity contribution in [2.45, 2.75) is 11.9 Å². The summed E-state index contributed by atoms with van der Waals surface area (Å²) in [5.74, 6) is 0. The van der Waals surface area contributed by atoms with Crippen molar-refractivity contribution in [1.29, 1.82) is 0 Å². The molecule has 3 aromatic carbocycles. The van der Waals surface area contributed by atoms with Gasteiger partial charge in [0.05, 0.1) is 0 Å². The Labute approximate surface area is 191 Å². The fourth-order valence-electron chi connectivity index (χ4n) is 5.37. The normalized spacial score (nSPS) is 19.1. The van der Waals surface area contributed by atoms with Gasteiger partial charge in [0, 0.05) is 0 Å². The van der Waals surface area contributed by atoms with Gasteiger partial charge in [0.15, 0.2) is 0 Å². The summed E-state index contributed by atoms with van der Waals surface area (Å²) in [6.07, 6.45) is 9.84. The average molecular weight is 561 g/mol. The zero-order valence-electron chi connectivity index (χ0n) is 16.5. The Hall–Kier alpha value is -0.854. The Morgan fingerprint density at radius 2 is 1.03 bits per heavy atom. The quantitative estimate of drug-likeness (QED) is 0.346. The maximum absolute atomic E-state index is 3.48. The van der Waals surface area contributed by atoms with E-state index < -0.39 is 15.7 Å². The van der Waals surface area contributed by atoms with Crippen LogP contribution in [0.4, 0.5) is 0 Å². The van der Waals surface area contributed by atoms with E-state index in [0.29, 0.717) is 7.25 Å². The van der Waals surface area contributed by atoms with Crippen LogP contribution in [0.3, 0.4) is 0 Å². The van der Waals surface area contributed by atoms with Crippen LogP contribution in [-0.4, -0.2) is 12.1 Å². The van der Waals surface area contributed by atoms with Crippen molar-refractivity contribution in [3.63, 3.8) is 0 Å². The summed E-state index contributed by atoms with van der Waals surface area (Å²) in [6, 6.07) is 29.6. The second kappa shape index (κ2) is 8.35. The number of hydrogen-bond acceptors (Lipinski definition) is 0. The van der Waals surface area contributed by atoms with Gasteiger partial charge in [0.2, 0.25) is 0 Å². The molecule has 0 spiro atoms. The molecule has 0 nitrogen and oxygen atoms in total. The molecule has 0 aliphatic heterocycles. The van der Waals surface area contributed by atoms with E-state index in [9.17, 15) is 0 Å². The zero-order valence-corrected chi connectivity index (χ0v) is 23.6. The summed E-state index contributed by atoms with van der Waals surface area (Å²) in [4.78, 5) is 0. The van der Waals surface area contributed by atoms with Crippen LogP contribution < -0.4 is 3.27 Å². The van der Waals surface area contributed by atoms with Crippen molar-refractivity contribution in [2.75, 3.05) is 0 Å². The van der Waals surface area contributed by atoms with E-state index in [1.54, 1.807) is 14.4 Å². The number of allylic oxidation sites excluding steroid dienone is 2. The molecule has 29 heavy (non-hydrogen) atoms. The van der Waals surface area contributed by atoms with E-state index in [1.807, 2.05) is 0 Å². The Balaban J connectivity index is 0.00000120. The number of benzene rings is 3. The van der Waals surface area contributed by atoms with Gasteiger partial charge in [-0.1, -0.05) is 0 Å². The Morgan fingerprint density at radius 3 is 1.52 bits per heavy atom. The molecule has 0 heterocycles. The summed E-state index contributed by atoms with van der Waals surface area (Å²) in [5, 5.41) is 0. The molecule has 0 bridgehead atoms.